The van der Waals surface area contributed by atoms with E-state index in [9.17, 15) is 9.50 Å². The Morgan fingerprint density at radius 2 is 1.87 bits per heavy atom. The lowest BCUT2D eigenvalue weighted by Gasteiger charge is -2.35. The van der Waals surface area contributed by atoms with Crippen LogP contribution in [0.5, 0.6) is 17.2 Å². The predicted octanol–water partition coefficient (Wildman–Crippen LogP) is 6.36. The van der Waals surface area contributed by atoms with Crippen LogP contribution in [0.3, 0.4) is 0 Å². The highest BCUT2D eigenvalue weighted by Crippen LogP contribution is 2.40. The van der Waals surface area contributed by atoms with Gasteiger partial charge in [0, 0.05) is 36.9 Å². The number of hydrogen-bond donors (Lipinski definition) is 2. The number of anilines is 1. The molecule has 0 bridgehead atoms. The minimum absolute atomic E-state index is 0.196. The summed E-state index contributed by atoms with van der Waals surface area (Å²) in [5, 5.41) is 13.3. The van der Waals surface area contributed by atoms with Crippen molar-refractivity contribution in [2.45, 2.75) is 70.5 Å². The van der Waals surface area contributed by atoms with Gasteiger partial charge in [0.15, 0.2) is 11.6 Å². The van der Waals surface area contributed by atoms with Gasteiger partial charge in [-0.1, -0.05) is 18.2 Å². The van der Waals surface area contributed by atoms with Gasteiger partial charge in [-0.25, -0.2) is 4.39 Å². The van der Waals surface area contributed by atoms with Crippen LogP contribution < -0.4 is 19.7 Å². The molecule has 0 radical (unpaired) electrons. The Hall–Kier alpha value is -3.25. The number of methoxy groups -OCH3 is 1. The van der Waals surface area contributed by atoms with Gasteiger partial charge in [0.25, 0.3) is 0 Å². The first-order valence-electron chi connectivity index (χ1n) is 13.8. The molecule has 0 saturated heterocycles. The molecule has 0 aliphatic heterocycles. The molecule has 2 aliphatic carbocycles. The molecule has 1 atom stereocenters. The lowest BCUT2D eigenvalue weighted by atomic mass is 9.79. The molecule has 202 valence electrons. The first-order chi connectivity index (χ1) is 18.4. The smallest absolute Gasteiger partial charge is 0.165 e. The second-order valence-electron chi connectivity index (χ2n) is 10.9. The summed E-state index contributed by atoms with van der Waals surface area (Å²) in [6, 6.07) is 18.2. The van der Waals surface area contributed by atoms with Crippen molar-refractivity contribution in [1.82, 2.24) is 5.32 Å². The van der Waals surface area contributed by atoms with E-state index in [-0.39, 0.29) is 11.9 Å². The van der Waals surface area contributed by atoms with Crippen molar-refractivity contribution in [2.24, 2.45) is 0 Å². The van der Waals surface area contributed by atoms with Crippen LogP contribution in [0, 0.1) is 5.82 Å². The SMILES string of the molecule is COc1ccc(C2CCc3cc(O)ccc3C2)c(N(Cc2ccc(OCCNC3CC3)c(F)c2)C(C)C)c1. The summed E-state index contributed by atoms with van der Waals surface area (Å²) in [5.74, 6) is 1.47. The van der Waals surface area contributed by atoms with E-state index in [0.29, 0.717) is 36.6 Å². The van der Waals surface area contributed by atoms with Crippen LogP contribution in [0.1, 0.15) is 61.3 Å². The Kier molecular flexibility index (Phi) is 8.08. The van der Waals surface area contributed by atoms with Gasteiger partial charge in [0.05, 0.1) is 7.11 Å². The van der Waals surface area contributed by atoms with E-state index < -0.39 is 0 Å². The van der Waals surface area contributed by atoms with Crippen LogP contribution in [0.4, 0.5) is 10.1 Å². The molecular weight excluding hydrogens is 479 g/mol. The minimum atomic E-state index is -0.323. The zero-order valence-electron chi connectivity index (χ0n) is 22.7. The zero-order valence-corrected chi connectivity index (χ0v) is 22.7. The van der Waals surface area contributed by atoms with Crippen LogP contribution in [0.25, 0.3) is 0 Å². The number of ether oxygens (including phenoxy) is 2. The number of phenols is 1. The maximum absolute atomic E-state index is 15.0. The number of hydrogen-bond acceptors (Lipinski definition) is 5. The summed E-state index contributed by atoms with van der Waals surface area (Å²) in [4.78, 5) is 2.33. The van der Waals surface area contributed by atoms with Gasteiger partial charge in [-0.2, -0.15) is 0 Å². The average molecular weight is 519 g/mol. The number of aryl methyl sites for hydroxylation is 1. The quantitative estimate of drug-likeness (QED) is 0.289. The standard InChI is InChI=1S/C32H39FN2O3/c1-21(2)35(20-22-4-13-32(30(33)16-22)38-15-14-34-26-8-9-26)31-19-28(37-3)11-12-29(31)25-6-5-24-18-27(36)10-7-23(24)17-25/h4,7,10-13,16,18-19,21,25-26,34,36H,5-6,8-9,14-15,17,20H2,1-3H3. The Morgan fingerprint density at radius 1 is 1.03 bits per heavy atom. The molecule has 0 amide bonds. The van der Waals surface area contributed by atoms with E-state index in [2.05, 4.69) is 42.3 Å². The summed E-state index contributed by atoms with van der Waals surface area (Å²) < 4.78 is 26.3. The van der Waals surface area contributed by atoms with Crippen molar-refractivity contribution in [3.8, 4) is 17.2 Å². The molecule has 0 heterocycles. The zero-order chi connectivity index (χ0) is 26.6. The predicted molar refractivity (Wildman–Crippen MR) is 150 cm³/mol. The Labute approximate surface area is 225 Å². The highest BCUT2D eigenvalue weighted by Gasteiger charge is 2.26. The molecule has 0 aromatic heterocycles. The Morgan fingerprint density at radius 3 is 2.61 bits per heavy atom. The van der Waals surface area contributed by atoms with Gasteiger partial charge >= 0.3 is 0 Å². The van der Waals surface area contributed by atoms with E-state index in [1.165, 1.54) is 29.5 Å². The third kappa shape index (κ3) is 6.24. The molecule has 2 aliphatic rings. The number of benzene rings is 3. The summed E-state index contributed by atoms with van der Waals surface area (Å²) in [6.45, 7) is 6.11. The van der Waals surface area contributed by atoms with Gasteiger partial charge in [-0.3, -0.25) is 0 Å². The third-order valence-corrected chi connectivity index (χ3v) is 7.75. The minimum Gasteiger partial charge on any atom is -0.508 e. The first-order valence-corrected chi connectivity index (χ1v) is 13.8. The van der Waals surface area contributed by atoms with Crippen LogP contribution in [0.15, 0.2) is 54.6 Å². The average Bonchev–Trinajstić information content (AvgIpc) is 3.74. The van der Waals surface area contributed by atoms with Crippen molar-refractivity contribution < 1.29 is 19.0 Å². The third-order valence-electron chi connectivity index (χ3n) is 7.75. The molecule has 5 rings (SSSR count). The first kappa shape index (κ1) is 26.4. The highest BCUT2D eigenvalue weighted by molar-refractivity contribution is 5.60. The van der Waals surface area contributed by atoms with E-state index in [4.69, 9.17) is 9.47 Å². The van der Waals surface area contributed by atoms with Crippen molar-refractivity contribution in [2.75, 3.05) is 25.2 Å². The molecule has 0 spiro atoms. The number of nitrogens with one attached hydrogen (secondary N) is 1. The normalized spacial score (nSPS) is 16.8. The lowest BCUT2D eigenvalue weighted by molar-refractivity contribution is 0.298. The number of phenolic OH excluding ortho intramolecular Hbond substituents is 1. The largest absolute Gasteiger partial charge is 0.508 e. The fraction of sp³-hybridized carbons (Fsp3) is 0.438. The van der Waals surface area contributed by atoms with Gasteiger partial charge < -0.3 is 24.8 Å². The monoisotopic (exact) mass is 518 g/mol. The number of fused-ring (bicyclic) bond motifs is 1. The second-order valence-corrected chi connectivity index (χ2v) is 10.9. The van der Waals surface area contributed by atoms with Crippen molar-refractivity contribution in [1.29, 1.82) is 0 Å². The second kappa shape index (κ2) is 11.6. The number of rotatable bonds is 11. The summed E-state index contributed by atoms with van der Waals surface area (Å²) >= 11 is 0. The van der Waals surface area contributed by atoms with Crippen molar-refractivity contribution in [3.63, 3.8) is 0 Å². The van der Waals surface area contributed by atoms with Gasteiger partial charge in [0.1, 0.15) is 18.1 Å². The van der Waals surface area contributed by atoms with Crippen LogP contribution in [-0.2, 0) is 19.4 Å². The van der Waals surface area contributed by atoms with Crippen LogP contribution >= 0.6 is 0 Å². The fourth-order valence-electron chi connectivity index (χ4n) is 5.47. The maximum Gasteiger partial charge on any atom is 0.165 e. The van der Waals surface area contributed by atoms with Crippen molar-refractivity contribution in [3.05, 3.63) is 82.7 Å². The summed E-state index contributed by atoms with van der Waals surface area (Å²) in [6.07, 6.45) is 5.32. The number of nitrogens with zero attached hydrogens (tertiary/aromatic N) is 1. The van der Waals surface area contributed by atoms with Crippen molar-refractivity contribution >= 4 is 5.69 Å². The molecule has 1 fully saturated rings. The highest BCUT2D eigenvalue weighted by atomic mass is 19.1. The van der Waals surface area contributed by atoms with Gasteiger partial charge in [0.2, 0.25) is 0 Å². The number of halogens is 1. The molecule has 1 saturated carbocycles. The van der Waals surface area contributed by atoms with E-state index in [0.717, 1.165) is 42.8 Å². The van der Waals surface area contributed by atoms with E-state index in [1.807, 2.05) is 18.2 Å². The molecule has 38 heavy (non-hydrogen) atoms. The molecule has 3 aromatic rings. The van der Waals surface area contributed by atoms with Gasteiger partial charge in [-0.05, 0) is 104 Å². The summed E-state index contributed by atoms with van der Waals surface area (Å²) in [7, 11) is 1.69. The van der Waals surface area contributed by atoms with E-state index >= 15 is 0 Å². The van der Waals surface area contributed by atoms with Crippen LogP contribution in [0.2, 0.25) is 0 Å². The Bertz CT molecular complexity index is 1260. The molecule has 3 aromatic carbocycles. The van der Waals surface area contributed by atoms with Gasteiger partial charge in [-0.15, -0.1) is 0 Å². The molecule has 1 unspecified atom stereocenters. The molecule has 2 N–H and O–H groups in total. The number of aromatic hydroxyl groups is 1. The maximum atomic E-state index is 15.0. The fourth-order valence-corrected chi connectivity index (χ4v) is 5.47. The molecular formula is C32H39FN2O3. The topological polar surface area (TPSA) is 54.0 Å². The van der Waals surface area contributed by atoms with Crippen LogP contribution in [-0.4, -0.2) is 37.5 Å². The van der Waals surface area contributed by atoms with E-state index in [1.54, 1.807) is 25.3 Å². The molecule has 5 nitrogen and oxygen atoms in total. The summed E-state index contributed by atoms with van der Waals surface area (Å²) in [5.41, 5.74) is 5.83. The lowest BCUT2D eigenvalue weighted by Crippen LogP contribution is -2.32. The molecule has 6 heteroatoms. The Balaban J connectivity index is 1.36.